The second kappa shape index (κ2) is 10.3. The molecule has 1 fully saturated rings. The number of benzene rings is 2. The van der Waals surface area contributed by atoms with Crippen LogP contribution in [-0.2, 0) is 11.2 Å². The maximum absolute atomic E-state index is 13.1. The number of carbonyl (C=O) groups excluding carboxylic acids is 1. The Labute approximate surface area is 194 Å². The zero-order valence-electron chi connectivity index (χ0n) is 18.9. The third kappa shape index (κ3) is 6.16. The van der Waals surface area contributed by atoms with Gasteiger partial charge in [0.25, 0.3) is 5.91 Å². The molecule has 172 valence electrons. The Morgan fingerprint density at radius 1 is 1.12 bits per heavy atom. The Kier molecular flexibility index (Phi) is 7.67. The van der Waals surface area contributed by atoms with Gasteiger partial charge in [0.1, 0.15) is 5.75 Å². The first-order valence-electron chi connectivity index (χ1n) is 11.0. The number of hydrogen-bond donors (Lipinski definition) is 2. The lowest BCUT2D eigenvalue weighted by Gasteiger charge is -2.30. The van der Waals surface area contributed by atoms with Gasteiger partial charge in [0.2, 0.25) is 0 Å². The topological polar surface area (TPSA) is 78.9 Å². The molecule has 0 aliphatic carbocycles. The molecule has 0 spiro atoms. The number of carboxylic acids is 1. The van der Waals surface area contributed by atoms with E-state index in [4.69, 9.17) is 16.3 Å². The summed E-state index contributed by atoms with van der Waals surface area (Å²) in [4.78, 5) is 26.6. The van der Waals surface area contributed by atoms with Gasteiger partial charge in [-0.15, -0.1) is 0 Å². The van der Waals surface area contributed by atoms with Gasteiger partial charge in [-0.1, -0.05) is 23.7 Å². The molecule has 7 heteroatoms. The average molecular weight is 459 g/mol. The van der Waals surface area contributed by atoms with Crippen LogP contribution in [-0.4, -0.2) is 41.7 Å². The second-order valence-corrected chi connectivity index (χ2v) is 9.29. The molecule has 1 saturated heterocycles. The lowest BCUT2D eigenvalue weighted by Crippen LogP contribution is -2.37. The molecule has 1 amide bonds. The zero-order chi connectivity index (χ0) is 23.3. The summed E-state index contributed by atoms with van der Waals surface area (Å²) in [5.41, 5.74) is 1.25. The number of rotatable bonds is 8. The van der Waals surface area contributed by atoms with Gasteiger partial charge < -0.3 is 20.1 Å². The fourth-order valence-electron chi connectivity index (χ4n) is 3.84. The summed E-state index contributed by atoms with van der Waals surface area (Å²) in [6.07, 6.45) is 4.11. The third-order valence-electron chi connectivity index (χ3n) is 5.63. The fourth-order valence-corrected chi connectivity index (χ4v) is 4.01. The Morgan fingerprint density at radius 2 is 1.78 bits per heavy atom. The number of anilines is 1. The number of amides is 1. The highest BCUT2D eigenvalue weighted by Gasteiger charge is 2.29. The highest BCUT2D eigenvalue weighted by molar-refractivity contribution is 6.31. The first-order valence-corrected chi connectivity index (χ1v) is 11.4. The number of carbonyl (C=O) groups is 2. The lowest BCUT2D eigenvalue weighted by molar-refractivity contribution is -0.152. The van der Waals surface area contributed by atoms with Crippen molar-refractivity contribution in [3.8, 4) is 5.75 Å². The van der Waals surface area contributed by atoms with E-state index in [-0.39, 0.29) is 11.9 Å². The first kappa shape index (κ1) is 23.9. The van der Waals surface area contributed by atoms with Crippen molar-refractivity contribution >= 4 is 29.2 Å². The molecule has 2 N–H and O–H groups in total. The number of nitrogens with zero attached hydrogens (tertiary/aromatic N) is 1. The van der Waals surface area contributed by atoms with Gasteiger partial charge in [-0.3, -0.25) is 4.79 Å². The molecule has 1 heterocycles. The van der Waals surface area contributed by atoms with E-state index in [1.165, 1.54) is 20.3 Å². The first-order chi connectivity index (χ1) is 15.2. The van der Waals surface area contributed by atoms with Crippen molar-refractivity contribution in [2.24, 2.45) is 0 Å². The summed E-state index contributed by atoms with van der Waals surface area (Å²) in [5, 5.41) is 12.8. The van der Waals surface area contributed by atoms with Gasteiger partial charge >= 0.3 is 5.97 Å². The van der Waals surface area contributed by atoms with Crippen LogP contribution in [0.25, 0.3) is 0 Å². The molecule has 1 atom stereocenters. The SMILES string of the molecule is C[C@H](Cc1ccc(OC(C)(C)C(=O)O)cc1)NC(=O)c1cc(Cl)ccc1N1CCCCC1. The van der Waals surface area contributed by atoms with E-state index < -0.39 is 11.6 Å². The Bertz CT molecular complexity index is 953. The molecule has 0 aromatic heterocycles. The molecule has 32 heavy (non-hydrogen) atoms. The number of carboxylic acid groups (broad SMARTS) is 1. The van der Waals surface area contributed by atoms with E-state index >= 15 is 0 Å². The van der Waals surface area contributed by atoms with Crippen molar-refractivity contribution in [2.75, 3.05) is 18.0 Å². The normalized spacial score (nSPS) is 15.2. The predicted octanol–water partition coefficient (Wildman–Crippen LogP) is 4.93. The van der Waals surface area contributed by atoms with Crippen LogP contribution in [0.1, 0.15) is 56.0 Å². The molecule has 0 bridgehead atoms. The minimum Gasteiger partial charge on any atom is -0.478 e. The van der Waals surface area contributed by atoms with Gasteiger partial charge in [0.05, 0.1) is 5.56 Å². The van der Waals surface area contributed by atoms with Gasteiger partial charge in [0, 0.05) is 29.8 Å². The maximum atomic E-state index is 13.1. The zero-order valence-corrected chi connectivity index (χ0v) is 19.6. The Morgan fingerprint density at radius 3 is 2.41 bits per heavy atom. The molecule has 6 nitrogen and oxygen atoms in total. The van der Waals surface area contributed by atoms with E-state index in [1.807, 2.05) is 31.2 Å². The van der Waals surface area contributed by atoms with Crippen molar-refractivity contribution in [3.63, 3.8) is 0 Å². The molecular weight excluding hydrogens is 428 g/mol. The Balaban J connectivity index is 1.64. The minimum absolute atomic E-state index is 0.0992. The summed E-state index contributed by atoms with van der Waals surface area (Å²) in [7, 11) is 0. The monoisotopic (exact) mass is 458 g/mol. The number of ether oxygens (including phenoxy) is 1. The molecule has 0 saturated carbocycles. The van der Waals surface area contributed by atoms with Crippen LogP contribution in [0.5, 0.6) is 5.75 Å². The lowest BCUT2D eigenvalue weighted by atomic mass is 10.0. The summed E-state index contributed by atoms with van der Waals surface area (Å²) in [5.74, 6) is -0.672. The van der Waals surface area contributed by atoms with Gasteiger partial charge in [0.15, 0.2) is 5.60 Å². The van der Waals surface area contributed by atoms with Crippen LogP contribution in [0.3, 0.4) is 0 Å². The van der Waals surface area contributed by atoms with Crippen LogP contribution in [0.15, 0.2) is 42.5 Å². The van der Waals surface area contributed by atoms with Crippen molar-refractivity contribution in [1.29, 1.82) is 0 Å². The van der Waals surface area contributed by atoms with Crippen LogP contribution in [0, 0.1) is 0 Å². The Hall–Kier alpha value is -2.73. The van der Waals surface area contributed by atoms with Gasteiger partial charge in [-0.2, -0.15) is 0 Å². The highest BCUT2D eigenvalue weighted by Crippen LogP contribution is 2.27. The van der Waals surface area contributed by atoms with Crippen molar-refractivity contribution < 1.29 is 19.4 Å². The van der Waals surface area contributed by atoms with Crippen molar-refractivity contribution in [3.05, 3.63) is 58.6 Å². The summed E-state index contributed by atoms with van der Waals surface area (Å²) < 4.78 is 5.54. The molecular formula is C25H31ClN2O4. The third-order valence-corrected chi connectivity index (χ3v) is 5.87. The fraction of sp³-hybridized carbons (Fsp3) is 0.440. The van der Waals surface area contributed by atoms with Crippen LogP contribution in [0.4, 0.5) is 5.69 Å². The van der Waals surface area contributed by atoms with E-state index in [0.717, 1.165) is 37.2 Å². The summed E-state index contributed by atoms with van der Waals surface area (Å²) >= 11 is 6.20. The minimum atomic E-state index is -1.30. The van der Waals surface area contributed by atoms with Crippen LogP contribution < -0.4 is 15.0 Å². The standard InChI is InChI=1S/C25H31ClN2O4/c1-17(15-18-7-10-20(11-8-18)32-25(2,3)24(30)31)27-23(29)21-16-19(26)9-12-22(21)28-13-5-4-6-14-28/h7-12,16-17H,4-6,13-15H2,1-3H3,(H,27,29)(H,30,31)/t17-/m1/s1. The molecule has 0 unspecified atom stereocenters. The number of halogens is 1. The molecule has 1 aliphatic heterocycles. The number of aliphatic carboxylic acids is 1. The molecule has 3 rings (SSSR count). The van der Waals surface area contributed by atoms with Crippen LogP contribution in [0.2, 0.25) is 5.02 Å². The number of nitrogens with one attached hydrogen (secondary N) is 1. The summed E-state index contributed by atoms with van der Waals surface area (Å²) in [6, 6.07) is 12.7. The molecule has 2 aromatic rings. The van der Waals surface area contributed by atoms with Crippen molar-refractivity contribution in [1.82, 2.24) is 5.32 Å². The number of piperidine rings is 1. The van der Waals surface area contributed by atoms with Gasteiger partial charge in [-0.05, 0) is 82.3 Å². The quantitative estimate of drug-likeness (QED) is 0.586. The largest absolute Gasteiger partial charge is 0.478 e. The van der Waals surface area contributed by atoms with Gasteiger partial charge in [-0.25, -0.2) is 4.79 Å². The highest BCUT2D eigenvalue weighted by atomic mass is 35.5. The predicted molar refractivity (Wildman–Crippen MR) is 127 cm³/mol. The smallest absolute Gasteiger partial charge is 0.347 e. The van der Waals surface area contributed by atoms with E-state index in [2.05, 4.69) is 10.2 Å². The molecule has 2 aromatic carbocycles. The summed E-state index contributed by atoms with van der Waals surface area (Å²) in [6.45, 7) is 6.87. The van der Waals surface area contributed by atoms with E-state index in [0.29, 0.717) is 22.8 Å². The molecule has 0 radical (unpaired) electrons. The number of hydrogen-bond acceptors (Lipinski definition) is 4. The van der Waals surface area contributed by atoms with E-state index in [1.54, 1.807) is 18.2 Å². The average Bonchev–Trinajstić information content (AvgIpc) is 2.75. The maximum Gasteiger partial charge on any atom is 0.347 e. The molecule has 1 aliphatic rings. The van der Waals surface area contributed by atoms with Crippen molar-refractivity contribution in [2.45, 2.75) is 58.1 Å². The van der Waals surface area contributed by atoms with E-state index in [9.17, 15) is 14.7 Å². The van der Waals surface area contributed by atoms with Crippen LogP contribution >= 0.6 is 11.6 Å². The second-order valence-electron chi connectivity index (χ2n) is 8.85.